The second-order valence-electron chi connectivity index (χ2n) is 5.31. The molecule has 4 heteroatoms. The van der Waals surface area contributed by atoms with Gasteiger partial charge in [-0.05, 0) is 12.8 Å². The highest BCUT2D eigenvalue weighted by Gasteiger charge is 2.29. The number of ether oxygens (including phenoxy) is 1. The molecule has 100 valence electrons. The van der Waals surface area contributed by atoms with Crippen LogP contribution in [-0.4, -0.2) is 36.6 Å². The lowest BCUT2D eigenvalue weighted by atomic mass is 9.90. The predicted octanol–water partition coefficient (Wildman–Crippen LogP) is 2.10. The summed E-state index contributed by atoms with van der Waals surface area (Å²) in [5.74, 6) is 0.434. The minimum absolute atomic E-state index is 0.183. The smallest absolute Gasteiger partial charge is 0.225 e. The van der Waals surface area contributed by atoms with Gasteiger partial charge in [-0.2, -0.15) is 5.26 Å². The number of rotatable bonds is 1. The average Bonchev–Trinajstić information content (AvgIpc) is 2.38. The molecule has 0 spiro atoms. The van der Waals surface area contributed by atoms with Gasteiger partial charge in [0.2, 0.25) is 5.91 Å². The topological polar surface area (TPSA) is 53.3 Å². The van der Waals surface area contributed by atoms with E-state index in [-0.39, 0.29) is 11.8 Å². The maximum absolute atomic E-state index is 12.4. The number of nitrogens with zero attached hydrogens (tertiary/aromatic N) is 2. The third kappa shape index (κ3) is 3.46. The predicted molar refractivity (Wildman–Crippen MR) is 67.7 cm³/mol. The van der Waals surface area contributed by atoms with Crippen LogP contribution in [0.15, 0.2) is 0 Å². The van der Waals surface area contributed by atoms with Gasteiger partial charge >= 0.3 is 0 Å². The summed E-state index contributed by atoms with van der Waals surface area (Å²) in [5.41, 5.74) is 0. The van der Waals surface area contributed by atoms with Gasteiger partial charge < -0.3 is 9.64 Å². The summed E-state index contributed by atoms with van der Waals surface area (Å²) in [6.45, 7) is 1.59. The van der Waals surface area contributed by atoms with Gasteiger partial charge in [0, 0.05) is 12.5 Å². The summed E-state index contributed by atoms with van der Waals surface area (Å²) < 4.78 is 5.28. The Hall–Kier alpha value is -1.08. The van der Waals surface area contributed by atoms with E-state index in [9.17, 15) is 4.79 Å². The van der Waals surface area contributed by atoms with Gasteiger partial charge in [0.15, 0.2) is 6.10 Å². The van der Waals surface area contributed by atoms with Crippen LogP contribution in [0.2, 0.25) is 0 Å². The van der Waals surface area contributed by atoms with E-state index in [1.165, 1.54) is 32.1 Å². The Labute approximate surface area is 109 Å². The van der Waals surface area contributed by atoms with E-state index in [0.29, 0.717) is 19.7 Å². The van der Waals surface area contributed by atoms with Crippen molar-refractivity contribution in [2.45, 2.75) is 51.0 Å². The minimum Gasteiger partial charge on any atom is -0.360 e. The van der Waals surface area contributed by atoms with Crippen LogP contribution in [0.25, 0.3) is 0 Å². The van der Waals surface area contributed by atoms with Gasteiger partial charge in [-0.25, -0.2) is 0 Å². The third-order valence-corrected chi connectivity index (χ3v) is 3.98. The standard InChI is InChI=1S/C14H22N2O2/c15-10-13-11-16(8-9-18-13)14(17)12-6-4-2-1-3-5-7-12/h12-13H,1-9,11H2. The van der Waals surface area contributed by atoms with Gasteiger partial charge in [-0.15, -0.1) is 0 Å². The van der Waals surface area contributed by atoms with Crippen molar-refractivity contribution in [1.29, 1.82) is 5.26 Å². The largest absolute Gasteiger partial charge is 0.360 e. The minimum atomic E-state index is -0.434. The molecule has 4 nitrogen and oxygen atoms in total. The molecule has 0 N–H and O–H groups in total. The molecule has 1 amide bonds. The van der Waals surface area contributed by atoms with E-state index in [1.807, 2.05) is 4.90 Å². The van der Waals surface area contributed by atoms with Crippen LogP contribution in [0, 0.1) is 17.2 Å². The maximum Gasteiger partial charge on any atom is 0.225 e. The van der Waals surface area contributed by atoms with Crippen molar-refractivity contribution < 1.29 is 9.53 Å². The fraction of sp³-hybridized carbons (Fsp3) is 0.857. The molecule has 1 saturated carbocycles. The highest BCUT2D eigenvalue weighted by atomic mass is 16.5. The Morgan fingerprint density at radius 2 is 1.83 bits per heavy atom. The fourth-order valence-corrected chi connectivity index (χ4v) is 2.89. The Morgan fingerprint density at radius 1 is 1.17 bits per heavy atom. The highest BCUT2D eigenvalue weighted by Crippen LogP contribution is 2.24. The van der Waals surface area contributed by atoms with E-state index in [2.05, 4.69) is 6.07 Å². The van der Waals surface area contributed by atoms with Crippen LogP contribution in [-0.2, 0) is 9.53 Å². The van der Waals surface area contributed by atoms with Crippen molar-refractivity contribution >= 4 is 5.91 Å². The lowest BCUT2D eigenvalue weighted by molar-refractivity contribution is -0.142. The van der Waals surface area contributed by atoms with Gasteiger partial charge in [0.1, 0.15) is 0 Å². The average molecular weight is 250 g/mol. The molecule has 0 aromatic rings. The Bertz CT molecular complexity index is 316. The number of morpholine rings is 1. The number of carbonyl (C=O) groups excluding carboxylic acids is 1. The van der Waals surface area contributed by atoms with Crippen molar-refractivity contribution in [3.63, 3.8) is 0 Å². The normalized spacial score (nSPS) is 27.1. The van der Waals surface area contributed by atoms with Crippen LogP contribution in [0.4, 0.5) is 0 Å². The molecule has 0 aromatic carbocycles. The van der Waals surface area contributed by atoms with Crippen LogP contribution in [0.1, 0.15) is 44.9 Å². The molecular formula is C14H22N2O2. The fourth-order valence-electron chi connectivity index (χ4n) is 2.89. The molecule has 2 rings (SSSR count). The van der Waals surface area contributed by atoms with Gasteiger partial charge in [0.05, 0.1) is 19.2 Å². The van der Waals surface area contributed by atoms with E-state index in [1.54, 1.807) is 0 Å². The zero-order chi connectivity index (χ0) is 12.8. The number of carbonyl (C=O) groups is 1. The SMILES string of the molecule is N#CC1CN(C(=O)C2CCCCCCC2)CCO1. The Kier molecular flexibility index (Phi) is 5.00. The molecule has 1 heterocycles. The summed E-state index contributed by atoms with van der Waals surface area (Å²) in [5, 5.41) is 8.87. The lowest BCUT2D eigenvalue weighted by Crippen LogP contribution is -2.47. The van der Waals surface area contributed by atoms with Crippen molar-refractivity contribution in [2.24, 2.45) is 5.92 Å². The molecule has 1 atom stereocenters. The van der Waals surface area contributed by atoms with Crippen LogP contribution < -0.4 is 0 Å². The van der Waals surface area contributed by atoms with Crippen LogP contribution in [0.5, 0.6) is 0 Å². The number of hydrogen-bond acceptors (Lipinski definition) is 3. The molecule has 2 aliphatic rings. The summed E-state index contributed by atoms with van der Waals surface area (Å²) in [6.07, 6.45) is 7.78. The molecule has 0 radical (unpaired) electrons. The van der Waals surface area contributed by atoms with Crippen LogP contribution in [0.3, 0.4) is 0 Å². The molecule has 1 saturated heterocycles. The molecule has 1 aliphatic carbocycles. The maximum atomic E-state index is 12.4. The van der Waals surface area contributed by atoms with Crippen LogP contribution >= 0.6 is 0 Å². The molecule has 18 heavy (non-hydrogen) atoms. The first-order chi connectivity index (χ1) is 8.81. The van der Waals surface area contributed by atoms with Gasteiger partial charge in [-0.1, -0.05) is 32.1 Å². The molecule has 2 fully saturated rings. The second kappa shape index (κ2) is 6.75. The third-order valence-electron chi connectivity index (χ3n) is 3.98. The van der Waals surface area contributed by atoms with Gasteiger partial charge in [-0.3, -0.25) is 4.79 Å². The van der Waals surface area contributed by atoms with E-state index in [0.717, 1.165) is 12.8 Å². The molecule has 1 aliphatic heterocycles. The molecule has 0 bridgehead atoms. The molecule has 1 unspecified atom stereocenters. The van der Waals surface area contributed by atoms with Gasteiger partial charge in [0.25, 0.3) is 0 Å². The quantitative estimate of drug-likeness (QED) is 0.716. The highest BCUT2D eigenvalue weighted by molar-refractivity contribution is 5.79. The molecular weight excluding hydrogens is 228 g/mol. The van der Waals surface area contributed by atoms with Crippen molar-refractivity contribution in [3.05, 3.63) is 0 Å². The summed E-state index contributed by atoms with van der Waals surface area (Å²) in [6, 6.07) is 2.10. The monoisotopic (exact) mass is 250 g/mol. The number of amides is 1. The van der Waals surface area contributed by atoms with E-state index < -0.39 is 6.10 Å². The van der Waals surface area contributed by atoms with E-state index in [4.69, 9.17) is 10.00 Å². The van der Waals surface area contributed by atoms with Crippen molar-refractivity contribution in [1.82, 2.24) is 4.90 Å². The molecule has 0 aromatic heterocycles. The van der Waals surface area contributed by atoms with E-state index >= 15 is 0 Å². The number of hydrogen-bond donors (Lipinski definition) is 0. The Morgan fingerprint density at radius 3 is 2.50 bits per heavy atom. The summed E-state index contributed by atoms with van der Waals surface area (Å²) in [7, 11) is 0. The first kappa shape index (κ1) is 13.4. The Balaban J connectivity index is 1.90. The zero-order valence-electron chi connectivity index (χ0n) is 10.9. The lowest BCUT2D eigenvalue weighted by Gasteiger charge is -2.33. The summed E-state index contributed by atoms with van der Waals surface area (Å²) in [4.78, 5) is 14.3. The first-order valence-corrected chi connectivity index (χ1v) is 7.11. The number of nitriles is 1. The van der Waals surface area contributed by atoms with Crippen molar-refractivity contribution in [2.75, 3.05) is 19.7 Å². The van der Waals surface area contributed by atoms with Crippen molar-refractivity contribution in [3.8, 4) is 6.07 Å². The second-order valence-corrected chi connectivity index (χ2v) is 5.31. The zero-order valence-corrected chi connectivity index (χ0v) is 10.9. The summed E-state index contributed by atoms with van der Waals surface area (Å²) >= 11 is 0. The first-order valence-electron chi connectivity index (χ1n) is 7.11.